The lowest BCUT2D eigenvalue weighted by atomic mass is 9.76. The molecular weight excluding hydrogens is 398 g/mol. The molecule has 0 bridgehead atoms. The van der Waals surface area contributed by atoms with Gasteiger partial charge in [0.1, 0.15) is 18.1 Å². The number of rotatable bonds is 4. The van der Waals surface area contributed by atoms with E-state index < -0.39 is 0 Å². The Labute approximate surface area is 191 Å². The van der Waals surface area contributed by atoms with Gasteiger partial charge in [0.05, 0.1) is 30.4 Å². The Bertz CT molecular complexity index is 1100. The van der Waals surface area contributed by atoms with Crippen LogP contribution in [0.15, 0.2) is 48.6 Å². The minimum absolute atomic E-state index is 0.0711. The second-order valence-corrected chi connectivity index (χ2v) is 9.80. The summed E-state index contributed by atoms with van der Waals surface area (Å²) in [6.45, 7) is 8.15. The smallest absolute Gasteiger partial charge is 0.131 e. The zero-order valence-corrected chi connectivity index (χ0v) is 19.8. The lowest BCUT2D eigenvalue weighted by molar-refractivity contribution is 0.110. The van der Waals surface area contributed by atoms with Crippen LogP contribution in [0.3, 0.4) is 0 Å². The van der Waals surface area contributed by atoms with Crippen molar-refractivity contribution in [2.45, 2.75) is 57.7 Å². The van der Waals surface area contributed by atoms with Gasteiger partial charge in [0.25, 0.3) is 0 Å². The fourth-order valence-electron chi connectivity index (χ4n) is 6.25. The molecule has 0 radical (unpaired) electrons. The molecule has 0 spiro atoms. The van der Waals surface area contributed by atoms with Gasteiger partial charge < -0.3 is 19.1 Å². The van der Waals surface area contributed by atoms with Crippen LogP contribution in [0.2, 0.25) is 0 Å². The quantitative estimate of drug-likeness (QED) is 0.526. The van der Waals surface area contributed by atoms with Crippen molar-refractivity contribution in [1.82, 2.24) is 0 Å². The first-order chi connectivity index (χ1) is 15.4. The van der Waals surface area contributed by atoms with E-state index in [4.69, 9.17) is 14.2 Å². The molecule has 0 fully saturated rings. The Balaban J connectivity index is 1.74. The summed E-state index contributed by atoms with van der Waals surface area (Å²) in [4.78, 5) is 2.63. The largest absolute Gasteiger partial charge is 0.496 e. The average molecular weight is 432 g/mol. The molecule has 0 amide bonds. The minimum Gasteiger partial charge on any atom is -0.496 e. The molecule has 0 aromatic heterocycles. The third-order valence-corrected chi connectivity index (χ3v) is 7.25. The molecule has 3 aliphatic rings. The number of nitrogens with zero attached hydrogens (tertiary/aromatic N) is 1. The Morgan fingerprint density at radius 2 is 1.91 bits per heavy atom. The van der Waals surface area contributed by atoms with Gasteiger partial charge in [-0.1, -0.05) is 30.4 Å². The predicted octanol–water partition coefficient (Wildman–Crippen LogP) is 6.38. The molecule has 0 saturated carbocycles. The van der Waals surface area contributed by atoms with E-state index in [0.29, 0.717) is 13.2 Å². The molecular formula is C28H33NO3. The number of fused-ring (bicyclic) bond motifs is 5. The fraction of sp³-hybridized carbons (Fsp3) is 0.429. The summed E-state index contributed by atoms with van der Waals surface area (Å²) in [5.74, 6) is 1.74. The molecule has 2 aliphatic heterocycles. The van der Waals surface area contributed by atoms with Gasteiger partial charge in [-0.15, -0.1) is 0 Å². The van der Waals surface area contributed by atoms with Crippen LogP contribution in [0.25, 0.3) is 16.7 Å². The van der Waals surface area contributed by atoms with E-state index in [-0.39, 0.29) is 11.1 Å². The fourth-order valence-corrected chi connectivity index (χ4v) is 6.25. The van der Waals surface area contributed by atoms with Gasteiger partial charge in [0.2, 0.25) is 0 Å². The van der Waals surface area contributed by atoms with Crippen molar-refractivity contribution in [1.29, 1.82) is 0 Å². The monoisotopic (exact) mass is 431 g/mol. The second-order valence-electron chi connectivity index (χ2n) is 9.80. The van der Waals surface area contributed by atoms with Crippen LogP contribution in [0.1, 0.15) is 51.2 Å². The predicted molar refractivity (Wildman–Crippen MR) is 131 cm³/mol. The van der Waals surface area contributed by atoms with Gasteiger partial charge >= 0.3 is 0 Å². The van der Waals surface area contributed by atoms with Crippen LogP contribution in [-0.2, 0) is 11.3 Å². The Kier molecular flexibility index (Phi) is 5.09. The zero-order chi connectivity index (χ0) is 22.5. The number of methoxy groups -OCH3 is 2. The molecule has 4 nitrogen and oxygen atoms in total. The first-order valence-electron chi connectivity index (χ1n) is 11.5. The van der Waals surface area contributed by atoms with Crippen LogP contribution in [0.4, 0.5) is 5.69 Å². The number of hydrogen-bond donors (Lipinski definition) is 0. The van der Waals surface area contributed by atoms with E-state index in [9.17, 15) is 0 Å². The van der Waals surface area contributed by atoms with Crippen molar-refractivity contribution < 1.29 is 14.2 Å². The molecule has 168 valence electrons. The zero-order valence-electron chi connectivity index (χ0n) is 19.8. The van der Waals surface area contributed by atoms with Gasteiger partial charge in [0.15, 0.2) is 0 Å². The number of benzene rings is 2. The topological polar surface area (TPSA) is 30.9 Å². The molecule has 0 unspecified atom stereocenters. The highest BCUT2D eigenvalue weighted by molar-refractivity contribution is 5.91. The van der Waals surface area contributed by atoms with E-state index in [1.54, 1.807) is 7.11 Å². The summed E-state index contributed by atoms with van der Waals surface area (Å²) in [5, 5.41) is 0. The molecule has 4 heteroatoms. The van der Waals surface area contributed by atoms with E-state index in [2.05, 4.69) is 56.0 Å². The third-order valence-electron chi connectivity index (χ3n) is 7.25. The Hall–Kier alpha value is -2.72. The highest BCUT2D eigenvalue weighted by atomic mass is 16.5. The molecule has 5 rings (SSSR count). The third kappa shape index (κ3) is 3.07. The normalized spacial score (nSPS) is 22.9. The van der Waals surface area contributed by atoms with Crippen molar-refractivity contribution in [2.24, 2.45) is 0 Å². The summed E-state index contributed by atoms with van der Waals surface area (Å²) in [5.41, 5.74) is 7.19. The summed E-state index contributed by atoms with van der Waals surface area (Å²) in [6.07, 6.45) is 10.2. The van der Waals surface area contributed by atoms with Crippen LogP contribution < -0.4 is 14.4 Å². The van der Waals surface area contributed by atoms with E-state index in [1.165, 1.54) is 28.0 Å². The Morgan fingerprint density at radius 3 is 2.62 bits per heavy atom. The summed E-state index contributed by atoms with van der Waals surface area (Å²) in [7, 11) is 3.55. The molecule has 2 aromatic carbocycles. The van der Waals surface area contributed by atoms with Crippen LogP contribution in [-0.4, -0.2) is 31.9 Å². The van der Waals surface area contributed by atoms with Crippen LogP contribution >= 0.6 is 0 Å². The highest BCUT2D eigenvalue weighted by Crippen LogP contribution is 2.52. The van der Waals surface area contributed by atoms with Crippen molar-refractivity contribution in [3.63, 3.8) is 0 Å². The van der Waals surface area contributed by atoms with Crippen LogP contribution in [0, 0.1) is 0 Å². The van der Waals surface area contributed by atoms with E-state index in [0.717, 1.165) is 36.3 Å². The maximum Gasteiger partial charge on any atom is 0.131 e. The van der Waals surface area contributed by atoms with Gasteiger partial charge in [-0.3, -0.25) is 0 Å². The van der Waals surface area contributed by atoms with E-state index in [1.807, 2.05) is 25.3 Å². The standard InChI is InChI=1S/C28H33NO3/c1-19-16-27(2,3)29(28(18-30-4)14-7-6-8-15-28)22-13-12-20-21(25(19)22)17-32-24-11-9-10-23(31-5)26(20)24/h6-7,9-13,16H,8,14-15,17-18H2,1-5H3/t28-/m1/s1. The van der Waals surface area contributed by atoms with Gasteiger partial charge in [-0.2, -0.15) is 0 Å². The van der Waals surface area contributed by atoms with Gasteiger partial charge in [0, 0.05) is 23.9 Å². The molecule has 0 saturated heterocycles. The second kappa shape index (κ2) is 7.70. The van der Waals surface area contributed by atoms with Gasteiger partial charge in [-0.05, 0) is 69.4 Å². The average Bonchev–Trinajstić information content (AvgIpc) is 2.78. The number of ether oxygens (including phenoxy) is 3. The lowest BCUT2D eigenvalue weighted by Gasteiger charge is -2.56. The van der Waals surface area contributed by atoms with E-state index >= 15 is 0 Å². The summed E-state index contributed by atoms with van der Waals surface area (Å²) < 4.78 is 17.8. The Morgan fingerprint density at radius 1 is 1.06 bits per heavy atom. The lowest BCUT2D eigenvalue weighted by Crippen LogP contribution is -2.62. The number of allylic oxidation sites excluding steroid dienone is 2. The van der Waals surface area contributed by atoms with Crippen molar-refractivity contribution >= 4 is 11.3 Å². The molecule has 1 aliphatic carbocycles. The molecule has 2 heterocycles. The van der Waals surface area contributed by atoms with Crippen molar-refractivity contribution in [3.05, 3.63) is 59.7 Å². The molecule has 1 atom stereocenters. The maximum atomic E-state index is 6.25. The maximum absolute atomic E-state index is 6.25. The molecule has 0 N–H and O–H groups in total. The first-order valence-corrected chi connectivity index (χ1v) is 11.5. The number of hydrogen-bond acceptors (Lipinski definition) is 4. The summed E-state index contributed by atoms with van der Waals surface area (Å²) in [6, 6.07) is 10.6. The highest BCUT2D eigenvalue weighted by Gasteiger charge is 2.46. The number of anilines is 1. The SMILES string of the molecule is COC[C@@]1(N2c3ccc4c(c3C(C)=CC2(C)C)COc2cccc(OC)c2-4)CC=CCC1. The summed E-state index contributed by atoms with van der Waals surface area (Å²) >= 11 is 0. The minimum atomic E-state index is -0.125. The molecule has 2 aromatic rings. The first kappa shape index (κ1) is 21.1. The van der Waals surface area contributed by atoms with Crippen LogP contribution in [0.5, 0.6) is 11.5 Å². The molecule has 32 heavy (non-hydrogen) atoms. The van der Waals surface area contributed by atoms with Crippen molar-refractivity contribution in [2.75, 3.05) is 25.7 Å². The van der Waals surface area contributed by atoms with Gasteiger partial charge in [-0.25, -0.2) is 0 Å². The van der Waals surface area contributed by atoms with Crippen molar-refractivity contribution in [3.8, 4) is 22.6 Å².